The molecule has 0 aliphatic carbocycles. The van der Waals surface area contributed by atoms with Gasteiger partial charge in [-0.2, -0.15) is 0 Å². The predicted octanol–water partition coefficient (Wildman–Crippen LogP) is 2.95. The highest BCUT2D eigenvalue weighted by molar-refractivity contribution is 5.47. The van der Waals surface area contributed by atoms with Gasteiger partial charge in [-0.15, -0.1) is 0 Å². The van der Waals surface area contributed by atoms with E-state index in [1.807, 2.05) is 12.1 Å². The van der Waals surface area contributed by atoms with Crippen molar-refractivity contribution in [2.75, 3.05) is 44.8 Å². The zero-order chi connectivity index (χ0) is 23.4. The smallest absolute Gasteiger partial charge is 0.259 e. The Bertz CT molecular complexity index is 1130. The molecule has 0 radical (unpaired) electrons. The number of benzene rings is 1. The molecule has 1 atom stereocenters. The molecule has 0 saturated carbocycles. The van der Waals surface area contributed by atoms with Crippen molar-refractivity contribution >= 4 is 5.69 Å². The molecule has 1 aliphatic rings. The molecule has 0 unspecified atom stereocenters. The van der Waals surface area contributed by atoms with E-state index in [0.717, 1.165) is 11.3 Å². The van der Waals surface area contributed by atoms with Crippen LogP contribution in [0, 0.1) is 12.7 Å². The third-order valence-electron chi connectivity index (χ3n) is 6.19. The van der Waals surface area contributed by atoms with Gasteiger partial charge in [0.1, 0.15) is 11.6 Å². The third kappa shape index (κ3) is 4.91. The van der Waals surface area contributed by atoms with Gasteiger partial charge < -0.3 is 19.3 Å². The predicted molar refractivity (Wildman–Crippen MR) is 125 cm³/mol. The first-order valence-corrected chi connectivity index (χ1v) is 11.1. The molecule has 7 nitrogen and oxygen atoms in total. The lowest BCUT2D eigenvalue weighted by Gasteiger charge is -2.40. The van der Waals surface area contributed by atoms with Crippen LogP contribution in [0.1, 0.15) is 22.9 Å². The van der Waals surface area contributed by atoms with Gasteiger partial charge >= 0.3 is 0 Å². The Kier molecular flexibility index (Phi) is 7.05. The summed E-state index contributed by atoms with van der Waals surface area (Å²) < 4.78 is 20.1. The molecule has 33 heavy (non-hydrogen) atoms. The number of halogens is 1. The largest absolute Gasteiger partial charge is 0.507 e. The van der Waals surface area contributed by atoms with Gasteiger partial charge in [0.15, 0.2) is 0 Å². The summed E-state index contributed by atoms with van der Waals surface area (Å²) in [6.07, 6.45) is 3.44. The molecule has 0 amide bonds. The lowest BCUT2D eigenvalue weighted by Crippen LogP contribution is -2.49. The maximum atomic E-state index is 13.5. The molecule has 1 saturated heterocycles. The number of methoxy groups -OCH3 is 1. The molecule has 0 bridgehead atoms. The van der Waals surface area contributed by atoms with E-state index in [2.05, 4.69) is 14.8 Å². The van der Waals surface area contributed by atoms with Crippen LogP contribution in [0.25, 0.3) is 0 Å². The molecule has 8 heteroatoms. The zero-order valence-electron chi connectivity index (χ0n) is 18.9. The summed E-state index contributed by atoms with van der Waals surface area (Å²) in [7, 11) is 1.60. The van der Waals surface area contributed by atoms with Crippen molar-refractivity contribution in [3.63, 3.8) is 0 Å². The summed E-state index contributed by atoms with van der Waals surface area (Å²) in [5.41, 5.74) is 2.63. The van der Waals surface area contributed by atoms with E-state index >= 15 is 0 Å². The van der Waals surface area contributed by atoms with Crippen LogP contribution >= 0.6 is 0 Å². The standard InChI is InChI=1S/C25H29FN4O3/c1-18-16-22(31)23(25(32)30(18)14-15-33-2)24(19-4-3-9-27-17-19)29-12-10-28(11-13-29)21-7-5-20(26)6-8-21/h3-9,16-17,24,31H,10-15H2,1-2H3/t24-/m1/s1. The van der Waals surface area contributed by atoms with Crippen molar-refractivity contribution in [3.8, 4) is 5.75 Å². The summed E-state index contributed by atoms with van der Waals surface area (Å²) >= 11 is 0. The second-order valence-electron chi connectivity index (χ2n) is 8.22. The first-order valence-electron chi connectivity index (χ1n) is 11.1. The highest BCUT2D eigenvalue weighted by atomic mass is 19.1. The molecule has 3 aromatic rings. The highest BCUT2D eigenvalue weighted by Gasteiger charge is 2.31. The Hall–Kier alpha value is -3.23. The van der Waals surface area contributed by atoms with Crippen LogP contribution in [0.2, 0.25) is 0 Å². The molecule has 1 aromatic carbocycles. The minimum atomic E-state index is -0.434. The maximum absolute atomic E-state index is 13.5. The van der Waals surface area contributed by atoms with Crippen LogP contribution in [0.15, 0.2) is 59.7 Å². The fraction of sp³-hybridized carbons (Fsp3) is 0.360. The zero-order valence-corrected chi connectivity index (χ0v) is 18.9. The lowest BCUT2D eigenvalue weighted by atomic mass is 9.97. The molecule has 174 valence electrons. The molecule has 2 aromatic heterocycles. The highest BCUT2D eigenvalue weighted by Crippen LogP contribution is 2.33. The van der Waals surface area contributed by atoms with Gasteiger partial charge in [0, 0.05) is 63.6 Å². The van der Waals surface area contributed by atoms with Crippen molar-refractivity contribution in [2.45, 2.75) is 19.5 Å². The number of aromatic hydroxyl groups is 1. The van der Waals surface area contributed by atoms with Gasteiger partial charge in [-0.05, 0) is 48.9 Å². The SMILES string of the molecule is COCCn1c(C)cc(O)c([C@@H](c2cccnc2)N2CCN(c3ccc(F)cc3)CC2)c1=O. The summed E-state index contributed by atoms with van der Waals surface area (Å²) in [5.74, 6) is -0.269. The van der Waals surface area contributed by atoms with Gasteiger partial charge in [0.25, 0.3) is 5.56 Å². The van der Waals surface area contributed by atoms with Gasteiger partial charge in [-0.25, -0.2) is 4.39 Å². The second-order valence-corrected chi connectivity index (χ2v) is 8.22. The number of hydrogen-bond acceptors (Lipinski definition) is 6. The Morgan fingerprint density at radius 2 is 1.88 bits per heavy atom. The minimum absolute atomic E-state index is 0.0130. The van der Waals surface area contributed by atoms with E-state index in [9.17, 15) is 14.3 Å². The number of ether oxygens (including phenoxy) is 1. The minimum Gasteiger partial charge on any atom is -0.507 e. The van der Waals surface area contributed by atoms with E-state index in [0.29, 0.717) is 50.6 Å². The summed E-state index contributed by atoms with van der Waals surface area (Å²) in [5, 5.41) is 10.9. The maximum Gasteiger partial charge on any atom is 0.259 e. The summed E-state index contributed by atoms with van der Waals surface area (Å²) in [4.78, 5) is 22.2. The Morgan fingerprint density at radius 3 is 2.52 bits per heavy atom. The molecule has 3 heterocycles. The van der Waals surface area contributed by atoms with Gasteiger partial charge in [-0.1, -0.05) is 6.07 Å². The normalized spacial score (nSPS) is 15.5. The number of pyridine rings is 2. The number of anilines is 1. The average molecular weight is 453 g/mol. The quantitative estimate of drug-likeness (QED) is 0.595. The van der Waals surface area contributed by atoms with Crippen LogP contribution < -0.4 is 10.5 Å². The van der Waals surface area contributed by atoms with Crippen LogP contribution in [0.4, 0.5) is 10.1 Å². The second kappa shape index (κ2) is 10.1. The average Bonchev–Trinajstić information content (AvgIpc) is 2.83. The van der Waals surface area contributed by atoms with E-state index < -0.39 is 6.04 Å². The van der Waals surface area contributed by atoms with Crippen molar-refractivity contribution in [2.24, 2.45) is 0 Å². The van der Waals surface area contributed by atoms with Crippen LogP contribution in [0.5, 0.6) is 5.75 Å². The molecule has 0 spiro atoms. The van der Waals surface area contributed by atoms with Crippen LogP contribution in [-0.4, -0.2) is 59.5 Å². The number of hydrogen-bond donors (Lipinski definition) is 1. The fourth-order valence-electron chi connectivity index (χ4n) is 4.47. The number of rotatable bonds is 7. The van der Waals surface area contributed by atoms with E-state index in [4.69, 9.17) is 4.74 Å². The Balaban J connectivity index is 1.68. The monoisotopic (exact) mass is 452 g/mol. The van der Waals surface area contributed by atoms with Crippen molar-refractivity contribution in [1.82, 2.24) is 14.5 Å². The van der Waals surface area contributed by atoms with Gasteiger partial charge in [0.05, 0.1) is 18.2 Å². The summed E-state index contributed by atoms with van der Waals surface area (Å²) in [6.45, 7) is 5.38. The number of piperazine rings is 1. The molecule has 1 N–H and O–H groups in total. The number of aryl methyl sites for hydroxylation is 1. The van der Waals surface area contributed by atoms with Crippen molar-refractivity contribution in [3.05, 3.63) is 87.9 Å². The molecular formula is C25H29FN4O3. The third-order valence-corrected chi connectivity index (χ3v) is 6.19. The first-order chi connectivity index (χ1) is 16.0. The van der Waals surface area contributed by atoms with Gasteiger partial charge in [-0.3, -0.25) is 14.7 Å². The lowest BCUT2D eigenvalue weighted by molar-refractivity contribution is 0.183. The van der Waals surface area contributed by atoms with Crippen molar-refractivity contribution in [1.29, 1.82) is 0 Å². The Labute approximate surface area is 192 Å². The first kappa shape index (κ1) is 22.9. The van der Waals surface area contributed by atoms with Crippen molar-refractivity contribution < 1.29 is 14.2 Å². The van der Waals surface area contributed by atoms with Gasteiger partial charge in [0.2, 0.25) is 0 Å². The molecule has 1 fully saturated rings. The molecule has 4 rings (SSSR count). The van der Waals surface area contributed by atoms with E-state index in [1.54, 1.807) is 49.2 Å². The van der Waals surface area contributed by atoms with Crippen LogP contribution in [0.3, 0.4) is 0 Å². The topological polar surface area (TPSA) is 70.8 Å². The number of nitrogens with zero attached hydrogens (tertiary/aromatic N) is 4. The Morgan fingerprint density at radius 1 is 1.15 bits per heavy atom. The molecular weight excluding hydrogens is 423 g/mol. The van der Waals surface area contributed by atoms with E-state index in [1.165, 1.54) is 12.1 Å². The fourth-order valence-corrected chi connectivity index (χ4v) is 4.47. The summed E-state index contributed by atoms with van der Waals surface area (Å²) in [6, 6.07) is 11.5. The van der Waals surface area contributed by atoms with E-state index in [-0.39, 0.29) is 17.1 Å². The van der Waals surface area contributed by atoms with Crippen LogP contribution in [-0.2, 0) is 11.3 Å². The molecule has 1 aliphatic heterocycles. The number of aromatic nitrogens is 2.